The fourth-order valence-corrected chi connectivity index (χ4v) is 5.12. The van der Waals surface area contributed by atoms with E-state index in [9.17, 15) is 8.42 Å². The maximum atomic E-state index is 12.6. The van der Waals surface area contributed by atoms with Crippen LogP contribution in [0.1, 0.15) is 17.5 Å². The Hall–Kier alpha value is -2.07. The average molecular weight is 417 g/mol. The van der Waals surface area contributed by atoms with Gasteiger partial charge >= 0.3 is 0 Å². The van der Waals surface area contributed by atoms with E-state index in [4.69, 9.17) is 0 Å². The van der Waals surface area contributed by atoms with Crippen LogP contribution in [0.3, 0.4) is 0 Å². The molecule has 29 heavy (non-hydrogen) atoms. The standard InChI is InChI=1S/C20H28N6O2S/c27-29(28,26-12-7-18-5-1-2-6-19(18)17-26)23-10-4-11-24-13-15-25(16-14-24)20-21-8-3-9-22-20/h1-3,5-6,8-9,23H,4,7,10-17H2. The molecule has 3 heterocycles. The maximum absolute atomic E-state index is 12.6. The van der Waals surface area contributed by atoms with Crippen molar-refractivity contribution in [3.8, 4) is 0 Å². The fourth-order valence-electron chi connectivity index (χ4n) is 3.90. The molecule has 0 amide bonds. The van der Waals surface area contributed by atoms with E-state index >= 15 is 0 Å². The highest BCUT2D eigenvalue weighted by Gasteiger charge is 2.26. The zero-order chi connectivity index (χ0) is 20.1. The molecule has 0 bridgehead atoms. The molecule has 2 aliphatic heterocycles. The molecule has 4 rings (SSSR count). The number of aromatic nitrogens is 2. The van der Waals surface area contributed by atoms with Gasteiger partial charge < -0.3 is 4.90 Å². The van der Waals surface area contributed by atoms with E-state index in [1.54, 1.807) is 16.7 Å². The summed E-state index contributed by atoms with van der Waals surface area (Å²) in [6.07, 6.45) is 5.10. The van der Waals surface area contributed by atoms with Gasteiger partial charge in [-0.25, -0.2) is 14.7 Å². The van der Waals surface area contributed by atoms with Crippen LogP contribution in [0.4, 0.5) is 5.95 Å². The molecule has 1 aromatic heterocycles. The van der Waals surface area contributed by atoms with Crippen LogP contribution in [-0.4, -0.2) is 73.4 Å². The Morgan fingerprint density at radius 1 is 0.931 bits per heavy atom. The van der Waals surface area contributed by atoms with Crippen molar-refractivity contribution in [3.63, 3.8) is 0 Å². The van der Waals surface area contributed by atoms with Gasteiger partial charge in [-0.2, -0.15) is 12.7 Å². The first kappa shape index (κ1) is 20.2. The minimum absolute atomic E-state index is 0.453. The van der Waals surface area contributed by atoms with Crippen molar-refractivity contribution < 1.29 is 8.42 Å². The van der Waals surface area contributed by atoms with Crippen molar-refractivity contribution in [2.24, 2.45) is 0 Å². The molecule has 2 aliphatic rings. The summed E-state index contributed by atoms with van der Waals surface area (Å²) in [7, 11) is -3.43. The third-order valence-electron chi connectivity index (χ3n) is 5.58. The summed E-state index contributed by atoms with van der Waals surface area (Å²) in [6.45, 7) is 6.00. The molecule has 0 spiro atoms. The number of fused-ring (bicyclic) bond motifs is 1. The summed E-state index contributed by atoms with van der Waals surface area (Å²) in [5.41, 5.74) is 2.35. The predicted octanol–water partition coefficient (Wildman–Crippen LogP) is 0.881. The van der Waals surface area contributed by atoms with E-state index in [-0.39, 0.29) is 0 Å². The van der Waals surface area contributed by atoms with Crippen LogP contribution >= 0.6 is 0 Å². The number of rotatable bonds is 7. The van der Waals surface area contributed by atoms with Crippen LogP contribution in [0.25, 0.3) is 0 Å². The van der Waals surface area contributed by atoms with Crippen molar-refractivity contribution in [2.45, 2.75) is 19.4 Å². The second-order valence-corrected chi connectivity index (χ2v) is 9.24. The number of piperazine rings is 1. The Morgan fingerprint density at radius 2 is 1.66 bits per heavy atom. The van der Waals surface area contributed by atoms with Crippen LogP contribution in [0.5, 0.6) is 0 Å². The fraction of sp³-hybridized carbons (Fsp3) is 0.500. The van der Waals surface area contributed by atoms with Crippen LogP contribution in [0.15, 0.2) is 42.7 Å². The lowest BCUT2D eigenvalue weighted by Crippen LogP contribution is -2.48. The lowest BCUT2D eigenvalue weighted by molar-refractivity contribution is 0.254. The lowest BCUT2D eigenvalue weighted by atomic mass is 10.0. The summed E-state index contributed by atoms with van der Waals surface area (Å²) >= 11 is 0. The van der Waals surface area contributed by atoms with Crippen molar-refractivity contribution in [3.05, 3.63) is 53.9 Å². The van der Waals surface area contributed by atoms with Crippen molar-refractivity contribution in [2.75, 3.05) is 50.7 Å². The van der Waals surface area contributed by atoms with E-state index in [0.29, 0.717) is 19.6 Å². The Bertz CT molecular complexity index is 900. The summed E-state index contributed by atoms with van der Waals surface area (Å²) in [5, 5.41) is 0. The molecule has 1 saturated heterocycles. The van der Waals surface area contributed by atoms with Crippen molar-refractivity contribution in [1.29, 1.82) is 0 Å². The molecule has 8 nitrogen and oxygen atoms in total. The molecule has 0 atom stereocenters. The molecule has 1 aromatic carbocycles. The Morgan fingerprint density at radius 3 is 2.41 bits per heavy atom. The van der Waals surface area contributed by atoms with E-state index in [2.05, 4.69) is 30.6 Å². The molecule has 1 fully saturated rings. The van der Waals surface area contributed by atoms with Crippen LogP contribution < -0.4 is 9.62 Å². The Balaban J connectivity index is 1.18. The quantitative estimate of drug-likeness (QED) is 0.675. The van der Waals surface area contributed by atoms with Gasteiger partial charge in [-0.05, 0) is 36.6 Å². The highest BCUT2D eigenvalue weighted by atomic mass is 32.2. The molecule has 1 N–H and O–H groups in total. The second kappa shape index (κ2) is 9.17. The van der Waals surface area contributed by atoms with Gasteiger partial charge in [0.1, 0.15) is 0 Å². The normalized spacial score (nSPS) is 18.6. The third kappa shape index (κ3) is 5.11. The smallest absolute Gasteiger partial charge is 0.279 e. The van der Waals surface area contributed by atoms with E-state index in [1.165, 1.54) is 5.56 Å². The minimum atomic E-state index is -3.43. The first-order valence-corrected chi connectivity index (χ1v) is 11.6. The van der Waals surface area contributed by atoms with Gasteiger partial charge in [0.15, 0.2) is 0 Å². The van der Waals surface area contributed by atoms with Gasteiger partial charge in [-0.15, -0.1) is 0 Å². The number of nitrogens with zero attached hydrogens (tertiary/aromatic N) is 5. The Kier molecular flexibility index (Phi) is 6.39. The van der Waals surface area contributed by atoms with Gasteiger partial charge in [0.2, 0.25) is 5.95 Å². The minimum Gasteiger partial charge on any atom is -0.338 e. The molecule has 0 unspecified atom stereocenters. The summed E-state index contributed by atoms with van der Waals surface area (Å²) in [5.74, 6) is 0.781. The molecule has 2 aromatic rings. The van der Waals surface area contributed by atoms with Crippen molar-refractivity contribution in [1.82, 2.24) is 23.9 Å². The van der Waals surface area contributed by atoms with E-state index in [0.717, 1.165) is 57.1 Å². The van der Waals surface area contributed by atoms with Gasteiger partial charge in [-0.3, -0.25) is 4.90 Å². The van der Waals surface area contributed by atoms with E-state index in [1.807, 2.05) is 24.3 Å². The SMILES string of the molecule is O=S(=O)(NCCCN1CCN(c2ncccn2)CC1)N1CCc2ccccc2C1. The maximum Gasteiger partial charge on any atom is 0.279 e. The van der Waals surface area contributed by atoms with Gasteiger partial charge in [0.05, 0.1) is 0 Å². The summed E-state index contributed by atoms with van der Waals surface area (Å²) in [4.78, 5) is 13.2. The first-order chi connectivity index (χ1) is 14.1. The largest absolute Gasteiger partial charge is 0.338 e. The number of benzene rings is 1. The highest BCUT2D eigenvalue weighted by molar-refractivity contribution is 7.87. The predicted molar refractivity (Wildman–Crippen MR) is 113 cm³/mol. The van der Waals surface area contributed by atoms with Gasteiger partial charge in [-0.1, -0.05) is 24.3 Å². The van der Waals surface area contributed by atoms with Crippen LogP contribution in [0.2, 0.25) is 0 Å². The average Bonchev–Trinajstić information content (AvgIpc) is 2.77. The van der Waals surface area contributed by atoms with Crippen molar-refractivity contribution >= 4 is 16.2 Å². The third-order valence-corrected chi connectivity index (χ3v) is 7.14. The Labute approximate surface area is 172 Å². The number of hydrogen-bond donors (Lipinski definition) is 1. The number of anilines is 1. The second-order valence-electron chi connectivity index (χ2n) is 7.48. The highest BCUT2D eigenvalue weighted by Crippen LogP contribution is 2.20. The number of hydrogen-bond acceptors (Lipinski definition) is 6. The van der Waals surface area contributed by atoms with Gasteiger partial charge in [0.25, 0.3) is 10.2 Å². The molecular weight excluding hydrogens is 388 g/mol. The molecule has 0 radical (unpaired) electrons. The molecule has 0 aliphatic carbocycles. The topological polar surface area (TPSA) is 81.7 Å². The van der Waals surface area contributed by atoms with Crippen LogP contribution in [-0.2, 0) is 23.2 Å². The first-order valence-electron chi connectivity index (χ1n) is 10.2. The van der Waals surface area contributed by atoms with E-state index < -0.39 is 10.2 Å². The monoisotopic (exact) mass is 416 g/mol. The molecule has 156 valence electrons. The van der Waals surface area contributed by atoms with Crippen LogP contribution in [0, 0.1) is 0 Å². The lowest BCUT2D eigenvalue weighted by Gasteiger charge is -2.34. The summed E-state index contributed by atoms with van der Waals surface area (Å²) < 4.78 is 29.6. The van der Waals surface area contributed by atoms with Gasteiger partial charge in [0, 0.05) is 58.2 Å². The zero-order valence-electron chi connectivity index (χ0n) is 16.6. The molecule has 9 heteroatoms. The molecule has 0 saturated carbocycles. The number of nitrogens with one attached hydrogen (secondary N) is 1. The zero-order valence-corrected chi connectivity index (χ0v) is 17.4. The molecular formula is C20H28N6O2S. The summed E-state index contributed by atoms with van der Waals surface area (Å²) in [6, 6.07) is 9.89.